The van der Waals surface area contributed by atoms with E-state index in [1.807, 2.05) is 20.0 Å². The highest BCUT2D eigenvalue weighted by molar-refractivity contribution is 5.28. The molecule has 1 saturated heterocycles. The Hall–Kier alpha value is -1.13. The average Bonchev–Trinajstić information content (AvgIpc) is 2.83. The fourth-order valence-corrected chi connectivity index (χ4v) is 2.85. The number of ether oxygens (including phenoxy) is 2. The maximum atomic E-state index is 6.00. The summed E-state index contributed by atoms with van der Waals surface area (Å²) in [5.74, 6) is 0.821. The van der Waals surface area contributed by atoms with Gasteiger partial charge in [-0.2, -0.15) is 0 Å². The van der Waals surface area contributed by atoms with Gasteiger partial charge in [-0.1, -0.05) is 6.92 Å². The van der Waals surface area contributed by atoms with Gasteiger partial charge in [-0.25, -0.2) is 0 Å². The van der Waals surface area contributed by atoms with Gasteiger partial charge in [0.1, 0.15) is 5.75 Å². The Morgan fingerprint density at radius 3 is 2.85 bits per heavy atom. The van der Waals surface area contributed by atoms with E-state index in [0.717, 1.165) is 37.3 Å². The molecule has 2 rings (SSSR count). The molecule has 1 aromatic rings. The van der Waals surface area contributed by atoms with Crippen LogP contribution in [0.3, 0.4) is 0 Å². The van der Waals surface area contributed by atoms with Crippen molar-refractivity contribution in [2.75, 3.05) is 13.2 Å². The molecular weight excluding hydrogens is 252 g/mol. The van der Waals surface area contributed by atoms with Crippen LogP contribution in [-0.2, 0) is 4.74 Å². The summed E-state index contributed by atoms with van der Waals surface area (Å²) in [6.07, 6.45) is 6.02. The Morgan fingerprint density at radius 2 is 2.25 bits per heavy atom. The van der Waals surface area contributed by atoms with Crippen LogP contribution in [0.4, 0.5) is 0 Å². The van der Waals surface area contributed by atoms with Crippen LogP contribution in [0.15, 0.2) is 18.5 Å². The van der Waals surface area contributed by atoms with Gasteiger partial charge in [0.15, 0.2) is 0 Å². The predicted octanol–water partition coefficient (Wildman–Crippen LogP) is 3.09. The molecule has 1 N–H and O–H groups in total. The Morgan fingerprint density at radius 1 is 1.45 bits per heavy atom. The summed E-state index contributed by atoms with van der Waals surface area (Å²) < 4.78 is 11.7. The molecule has 1 aromatic heterocycles. The van der Waals surface area contributed by atoms with Gasteiger partial charge in [0.05, 0.1) is 23.9 Å². The summed E-state index contributed by atoms with van der Waals surface area (Å²) in [5, 5.41) is 3.54. The van der Waals surface area contributed by atoms with Gasteiger partial charge in [-0.15, -0.1) is 0 Å². The largest absolute Gasteiger partial charge is 0.489 e. The zero-order chi connectivity index (χ0) is 14.6. The lowest BCUT2D eigenvalue weighted by Crippen LogP contribution is -2.41. The third-order valence-corrected chi connectivity index (χ3v) is 3.71. The summed E-state index contributed by atoms with van der Waals surface area (Å²) >= 11 is 0. The van der Waals surface area contributed by atoms with E-state index in [9.17, 15) is 0 Å². The summed E-state index contributed by atoms with van der Waals surface area (Å²) in [4.78, 5) is 4.32. The van der Waals surface area contributed by atoms with Crippen LogP contribution in [0.2, 0.25) is 0 Å². The minimum absolute atomic E-state index is 0.151. The number of nitrogens with one attached hydrogen (secondary N) is 1. The molecule has 1 fully saturated rings. The molecule has 0 saturated carbocycles. The first-order chi connectivity index (χ1) is 9.55. The number of hydrogen-bond donors (Lipinski definition) is 1. The predicted molar refractivity (Wildman–Crippen MR) is 80.0 cm³/mol. The minimum atomic E-state index is -0.159. The van der Waals surface area contributed by atoms with E-state index in [-0.39, 0.29) is 17.7 Å². The number of likely N-dealkylation sites (N-methyl/N-ethyl adjacent to an activating group) is 1. The molecule has 2 atom stereocenters. The van der Waals surface area contributed by atoms with E-state index < -0.39 is 0 Å². The number of pyridine rings is 1. The third-order valence-electron chi connectivity index (χ3n) is 3.71. The lowest BCUT2D eigenvalue weighted by atomic mass is 9.88. The van der Waals surface area contributed by atoms with Crippen LogP contribution in [0.25, 0.3) is 0 Å². The minimum Gasteiger partial charge on any atom is -0.489 e. The SMILES string of the molecule is CCNC(c1cncc(OC(C)C)c1)C1(C)CCCO1. The molecule has 1 aliphatic rings. The van der Waals surface area contributed by atoms with Crippen molar-refractivity contribution >= 4 is 0 Å². The molecule has 1 aliphatic heterocycles. The topological polar surface area (TPSA) is 43.4 Å². The Kier molecular flexibility index (Phi) is 5.00. The standard InChI is InChI=1S/C16H26N2O2/c1-5-18-15(16(4)7-6-8-19-16)13-9-14(11-17-10-13)20-12(2)3/h9-12,15,18H,5-8H2,1-4H3. The molecule has 0 aliphatic carbocycles. The van der Waals surface area contributed by atoms with Gasteiger partial charge in [0, 0.05) is 12.8 Å². The molecular formula is C16H26N2O2. The van der Waals surface area contributed by atoms with Crippen molar-refractivity contribution in [2.45, 2.75) is 58.3 Å². The highest BCUT2D eigenvalue weighted by Gasteiger charge is 2.39. The molecule has 4 heteroatoms. The van der Waals surface area contributed by atoms with Gasteiger partial charge in [-0.05, 0) is 51.8 Å². The second kappa shape index (κ2) is 6.55. The van der Waals surface area contributed by atoms with E-state index >= 15 is 0 Å². The Labute approximate surface area is 121 Å². The van der Waals surface area contributed by atoms with Crippen molar-refractivity contribution in [3.63, 3.8) is 0 Å². The number of aromatic nitrogens is 1. The number of rotatable bonds is 6. The monoisotopic (exact) mass is 278 g/mol. The summed E-state index contributed by atoms with van der Waals surface area (Å²) in [7, 11) is 0. The molecule has 112 valence electrons. The molecule has 0 spiro atoms. The lowest BCUT2D eigenvalue weighted by molar-refractivity contribution is -0.0122. The first-order valence-electron chi connectivity index (χ1n) is 7.54. The van der Waals surface area contributed by atoms with Crippen molar-refractivity contribution in [3.05, 3.63) is 24.0 Å². The van der Waals surface area contributed by atoms with Gasteiger partial charge in [-0.3, -0.25) is 4.98 Å². The van der Waals surface area contributed by atoms with Crippen LogP contribution < -0.4 is 10.1 Å². The van der Waals surface area contributed by atoms with Crippen LogP contribution in [0.5, 0.6) is 5.75 Å². The summed E-state index contributed by atoms with van der Waals surface area (Å²) in [6, 6.07) is 2.23. The highest BCUT2D eigenvalue weighted by atomic mass is 16.5. The van der Waals surface area contributed by atoms with Crippen LogP contribution in [-0.4, -0.2) is 29.8 Å². The molecule has 2 heterocycles. The van der Waals surface area contributed by atoms with Gasteiger partial charge in [0.25, 0.3) is 0 Å². The van der Waals surface area contributed by atoms with Crippen LogP contribution >= 0.6 is 0 Å². The zero-order valence-corrected chi connectivity index (χ0v) is 13.0. The van der Waals surface area contributed by atoms with E-state index in [4.69, 9.17) is 9.47 Å². The van der Waals surface area contributed by atoms with Crippen molar-refractivity contribution < 1.29 is 9.47 Å². The van der Waals surface area contributed by atoms with Gasteiger partial charge >= 0.3 is 0 Å². The smallest absolute Gasteiger partial charge is 0.138 e. The van der Waals surface area contributed by atoms with Crippen molar-refractivity contribution in [3.8, 4) is 5.75 Å². The van der Waals surface area contributed by atoms with Crippen molar-refractivity contribution in [1.29, 1.82) is 0 Å². The highest BCUT2D eigenvalue weighted by Crippen LogP contribution is 2.37. The fraction of sp³-hybridized carbons (Fsp3) is 0.688. The fourth-order valence-electron chi connectivity index (χ4n) is 2.85. The molecule has 20 heavy (non-hydrogen) atoms. The van der Waals surface area contributed by atoms with Crippen molar-refractivity contribution in [2.24, 2.45) is 0 Å². The number of hydrogen-bond acceptors (Lipinski definition) is 4. The second-order valence-electron chi connectivity index (χ2n) is 5.88. The normalized spacial score (nSPS) is 24.1. The third kappa shape index (κ3) is 3.49. The van der Waals surface area contributed by atoms with Crippen LogP contribution in [0.1, 0.15) is 52.1 Å². The summed E-state index contributed by atoms with van der Waals surface area (Å²) in [5.41, 5.74) is 0.975. The lowest BCUT2D eigenvalue weighted by Gasteiger charge is -2.34. The molecule has 2 unspecified atom stereocenters. The Balaban J connectivity index is 2.24. The van der Waals surface area contributed by atoms with Gasteiger partial charge in [0.2, 0.25) is 0 Å². The molecule has 0 aromatic carbocycles. The number of nitrogens with zero attached hydrogens (tertiary/aromatic N) is 1. The zero-order valence-electron chi connectivity index (χ0n) is 13.0. The summed E-state index contributed by atoms with van der Waals surface area (Å²) in [6.45, 7) is 10.1. The van der Waals surface area contributed by atoms with E-state index in [0.29, 0.717) is 0 Å². The molecule has 0 radical (unpaired) electrons. The Bertz CT molecular complexity index is 428. The van der Waals surface area contributed by atoms with E-state index in [1.165, 1.54) is 0 Å². The maximum absolute atomic E-state index is 6.00. The van der Waals surface area contributed by atoms with E-state index in [2.05, 4.69) is 30.2 Å². The van der Waals surface area contributed by atoms with E-state index in [1.54, 1.807) is 6.20 Å². The van der Waals surface area contributed by atoms with Crippen molar-refractivity contribution in [1.82, 2.24) is 10.3 Å². The first-order valence-corrected chi connectivity index (χ1v) is 7.54. The second-order valence-corrected chi connectivity index (χ2v) is 5.88. The maximum Gasteiger partial charge on any atom is 0.138 e. The molecule has 0 bridgehead atoms. The quantitative estimate of drug-likeness (QED) is 0.868. The average molecular weight is 278 g/mol. The van der Waals surface area contributed by atoms with Gasteiger partial charge < -0.3 is 14.8 Å². The molecule has 0 amide bonds. The first kappa shape index (κ1) is 15.3. The molecule has 4 nitrogen and oxygen atoms in total. The van der Waals surface area contributed by atoms with Crippen LogP contribution in [0, 0.1) is 0 Å².